The number of pyridine rings is 1. The third-order valence-electron chi connectivity index (χ3n) is 4.93. The van der Waals surface area contributed by atoms with Crippen molar-refractivity contribution in [2.45, 2.75) is 6.92 Å². The Balaban J connectivity index is 1.46. The van der Waals surface area contributed by atoms with Crippen LogP contribution >= 0.6 is 11.6 Å². The molecule has 0 aliphatic carbocycles. The number of nitrogens with zero attached hydrogens (tertiary/aromatic N) is 7. The molecule has 0 radical (unpaired) electrons. The van der Waals surface area contributed by atoms with Crippen molar-refractivity contribution in [3.05, 3.63) is 64.8 Å². The first-order valence-corrected chi connectivity index (χ1v) is 11.1. The van der Waals surface area contributed by atoms with Gasteiger partial charge in [0.15, 0.2) is 0 Å². The van der Waals surface area contributed by atoms with Crippen LogP contribution < -0.4 is 10.1 Å². The molecule has 0 aliphatic heterocycles. The molecule has 1 aromatic carbocycles. The van der Waals surface area contributed by atoms with Crippen molar-refractivity contribution >= 4 is 23.5 Å². The fourth-order valence-corrected chi connectivity index (χ4v) is 3.36. The number of anilines is 1. The molecule has 0 aliphatic rings. The minimum Gasteiger partial charge on any atom is -0.475 e. The van der Waals surface area contributed by atoms with Crippen LogP contribution in [0.25, 0.3) is 22.6 Å². The molecule has 4 aromatic rings. The molecule has 3 heterocycles. The zero-order chi connectivity index (χ0) is 25.7. The number of nitriles is 1. The summed E-state index contributed by atoms with van der Waals surface area (Å²) in [5.74, 6) is 0.551. The molecule has 0 atom stereocenters. The molecule has 0 fully saturated rings. The van der Waals surface area contributed by atoms with Crippen molar-refractivity contribution in [3.63, 3.8) is 0 Å². The summed E-state index contributed by atoms with van der Waals surface area (Å²) in [6.45, 7) is 2.68. The molecule has 36 heavy (non-hydrogen) atoms. The van der Waals surface area contributed by atoms with E-state index in [2.05, 4.69) is 30.4 Å². The monoisotopic (exact) mass is 504 g/mol. The lowest BCUT2D eigenvalue weighted by Crippen LogP contribution is -2.20. The van der Waals surface area contributed by atoms with Gasteiger partial charge in [0, 0.05) is 30.8 Å². The van der Waals surface area contributed by atoms with Crippen molar-refractivity contribution in [1.82, 2.24) is 30.0 Å². The van der Waals surface area contributed by atoms with Gasteiger partial charge in [-0.3, -0.25) is 15.1 Å². The van der Waals surface area contributed by atoms with Crippen LogP contribution in [0.4, 0.5) is 5.95 Å². The number of nitrogens with one attached hydrogen (secondary N) is 1. The first-order valence-electron chi connectivity index (χ1n) is 10.8. The summed E-state index contributed by atoms with van der Waals surface area (Å²) in [5, 5.41) is 16.2. The average molecular weight is 505 g/mol. The molecule has 182 valence electrons. The summed E-state index contributed by atoms with van der Waals surface area (Å²) in [7, 11) is 3.80. The predicted octanol–water partition coefficient (Wildman–Crippen LogP) is 3.61. The summed E-state index contributed by atoms with van der Waals surface area (Å²) in [5.41, 5.74) is 2.44. The van der Waals surface area contributed by atoms with Crippen LogP contribution in [0.15, 0.2) is 47.2 Å². The van der Waals surface area contributed by atoms with E-state index in [1.54, 1.807) is 31.2 Å². The highest BCUT2D eigenvalue weighted by atomic mass is 35.5. The standard InChI is InChI=1S/C24H21ClN8O3/c1-14-29-21(32-36-14)15-4-6-18(19(25)10-15)20-7-5-16(12-27-20)22(34)30-24-28-13-17(11-26)23(31-24)35-9-8-33(2)3/h4-7,10,12-13H,8-9H2,1-3H3,(H,28,30,31,34). The number of aryl methyl sites for hydroxylation is 1. The zero-order valence-corrected chi connectivity index (χ0v) is 20.4. The van der Waals surface area contributed by atoms with Crippen molar-refractivity contribution in [1.29, 1.82) is 5.26 Å². The van der Waals surface area contributed by atoms with E-state index in [1.165, 1.54) is 12.4 Å². The molecule has 3 aromatic heterocycles. The summed E-state index contributed by atoms with van der Waals surface area (Å²) in [4.78, 5) is 31.4. The van der Waals surface area contributed by atoms with Crippen LogP contribution in [0, 0.1) is 18.3 Å². The maximum absolute atomic E-state index is 12.7. The van der Waals surface area contributed by atoms with Crippen molar-refractivity contribution in [2.75, 3.05) is 32.6 Å². The zero-order valence-electron chi connectivity index (χ0n) is 19.7. The Morgan fingerprint density at radius 2 is 2.03 bits per heavy atom. The van der Waals surface area contributed by atoms with E-state index in [-0.39, 0.29) is 23.0 Å². The van der Waals surface area contributed by atoms with E-state index in [1.807, 2.05) is 31.1 Å². The lowest BCUT2D eigenvalue weighted by Gasteiger charge is -2.12. The fraction of sp³-hybridized carbons (Fsp3) is 0.208. The molecule has 11 nitrogen and oxygen atoms in total. The Hall–Kier alpha value is -4.40. The van der Waals surface area contributed by atoms with Crippen LogP contribution in [0.2, 0.25) is 5.02 Å². The second-order valence-electron chi connectivity index (χ2n) is 7.89. The van der Waals surface area contributed by atoms with E-state index in [0.29, 0.717) is 46.7 Å². The van der Waals surface area contributed by atoms with Gasteiger partial charge in [-0.2, -0.15) is 15.2 Å². The first-order chi connectivity index (χ1) is 17.3. The number of amides is 1. The van der Waals surface area contributed by atoms with Gasteiger partial charge < -0.3 is 14.2 Å². The second kappa shape index (κ2) is 10.9. The van der Waals surface area contributed by atoms with Crippen LogP contribution in [0.1, 0.15) is 21.8 Å². The number of carbonyl (C=O) groups excluding carboxylic acids is 1. The Labute approximate surface area is 211 Å². The Kier molecular flexibility index (Phi) is 7.48. The van der Waals surface area contributed by atoms with E-state index in [4.69, 9.17) is 20.9 Å². The number of ether oxygens (including phenoxy) is 1. The quantitative estimate of drug-likeness (QED) is 0.377. The van der Waals surface area contributed by atoms with Gasteiger partial charge in [-0.25, -0.2) is 4.98 Å². The number of likely N-dealkylation sites (N-methyl/N-ethyl adjacent to an activating group) is 1. The van der Waals surface area contributed by atoms with E-state index in [0.717, 1.165) is 0 Å². The van der Waals surface area contributed by atoms with Crippen LogP contribution in [0.5, 0.6) is 5.88 Å². The maximum atomic E-state index is 12.7. The SMILES string of the molecule is Cc1nc(-c2ccc(-c3ccc(C(=O)Nc4ncc(C#N)c(OCCN(C)C)n4)cn3)c(Cl)c2)no1. The van der Waals surface area contributed by atoms with E-state index in [9.17, 15) is 10.1 Å². The molecule has 1 amide bonds. The van der Waals surface area contributed by atoms with Gasteiger partial charge in [-0.1, -0.05) is 28.9 Å². The number of halogens is 1. The van der Waals surface area contributed by atoms with Crippen LogP contribution in [-0.2, 0) is 0 Å². The van der Waals surface area contributed by atoms with Crippen LogP contribution in [-0.4, -0.2) is 63.1 Å². The van der Waals surface area contributed by atoms with Gasteiger partial charge in [0.1, 0.15) is 18.2 Å². The number of hydrogen-bond acceptors (Lipinski definition) is 10. The Bertz CT molecular complexity index is 1430. The highest BCUT2D eigenvalue weighted by Crippen LogP contribution is 2.30. The van der Waals surface area contributed by atoms with Gasteiger partial charge in [0.2, 0.25) is 23.5 Å². The first kappa shape index (κ1) is 24.7. The number of hydrogen-bond donors (Lipinski definition) is 1. The molecule has 4 rings (SSSR count). The van der Waals surface area contributed by atoms with E-state index >= 15 is 0 Å². The highest BCUT2D eigenvalue weighted by Gasteiger charge is 2.15. The van der Waals surface area contributed by atoms with Gasteiger partial charge in [-0.05, 0) is 32.3 Å². The third-order valence-corrected chi connectivity index (χ3v) is 5.25. The minimum absolute atomic E-state index is 0.0123. The lowest BCUT2D eigenvalue weighted by molar-refractivity contribution is 0.102. The fourth-order valence-electron chi connectivity index (χ4n) is 3.08. The number of carbonyl (C=O) groups is 1. The maximum Gasteiger partial charge on any atom is 0.259 e. The number of rotatable bonds is 8. The smallest absolute Gasteiger partial charge is 0.259 e. The molecule has 0 spiro atoms. The topological polar surface area (TPSA) is 143 Å². The molecule has 0 bridgehead atoms. The second-order valence-corrected chi connectivity index (χ2v) is 8.30. The number of benzene rings is 1. The summed E-state index contributed by atoms with van der Waals surface area (Å²) >= 11 is 6.46. The van der Waals surface area contributed by atoms with Crippen molar-refractivity contribution < 1.29 is 14.1 Å². The molecular weight excluding hydrogens is 484 g/mol. The van der Waals surface area contributed by atoms with Crippen molar-refractivity contribution in [3.8, 4) is 34.6 Å². The summed E-state index contributed by atoms with van der Waals surface area (Å²) < 4.78 is 10.6. The number of aromatic nitrogens is 5. The average Bonchev–Trinajstić information content (AvgIpc) is 3.30. The largest absolute Gasteiger partial charge is 0.475 e. The van der Waals surface area contributed by atoms with Gasteiger partial charge in [0.05, 0.1) is 22.5 Å². The Morgan fingerprint density at radius 3 is 2.67 bits per heavy atom. The highest BCUT2D eigenvalue weighted by molar-refractivity contribution is 6.33. The van der Waals surface area contributed by atoms with Gasteiger partial charge in [0.25, 0.3) is 5.91 Å². The minimum atomic E-state index is -0.466. The Morgan fingerprint density at radius 1 is 1.19 bits per heavy atom. The molecule has 0 unspecified atom stereocenters. The predicted molar refractivity (Wildman–Crippen MR) is 131 cm³/mol. The van der Waals surface area contributed by atoms with Crippen molar-refractivity contribution in [2.24, 2.45) is 0 Å². The molecule has 0 saturated carbocycles. The molecule has 1 N–H and O–H groups in total. The molecule has 12 heteroatoms. The lowest BCUT2D eigenvalue weighted by atomic mass is 10.1. The van der Waals surface area contributed by atoms with E-state index < -0.39 is 5.91 Å². The van der Waals surface area contributed by atoms with Gasteiger partial charge in [-0.15, -0.1) is 0 Å². The normalized spacial score (nSPS) is 10.8. The third kappa shape index (κ3) is 5.80. The van der Waals surface area contributed by atoms with Crippen LogP contribution in [0.3, 0.4) is 0 Å². The molecule has 0 saturated heterocycles. The van der Waals surface area contributed by atoms with Gasteiger partial charge >= 0.3 is 0 Å². The molecular formula is C24H21ClN8O3. The summed E-state index contributed by atoms with van der Waals surface area (Å²) in [6, 6.07) is 10.6. The summed E-state index contributed by atoms with van der Waals surface area (Å²) in [6.07, 6.45) is 2.73.